The fourth-order valence-electron chi connectivity index (χ4n) is 1.06. The van der Waals surface area contributed by atoms with E-state index in [4.69, 9.17) is 0 Å². The molecule has 0 aliphatic carbocycles. The first-order valence-electron chi connectivity index (χ1n) is 3.70. The molecule has 0 spiro atoms. The summed E-state index contributed by atoms with van der Waals surface area (Å²) in [7, 11) is 0. The van der Waals surface area contributed by atoms with Crippen LogP contribution >= 0.6 is 0 Å². The van der Waals surface area contributed by atoms with Gasteiger partial charge < -0.3 is 0 Å². The number of anilines is 1. The van der Waals surface area contributed by atoms with E-state index in [1.165, 1.54) is 6.20 Å². The van der Waals surface area contributed by atoms with Gasteiger partial charge in [-0.2, -0.15) is 0 Å². The highest BCUT2D eigenvalue weighted by Gasteiger charge is 1.96. The molecule has 0 radical (unpaired) electrons. The van der Waals surface area contributed by atoms with Crippen LogP contribution in [0.1, 0.15) is 0 Å². The molecule has 5 nitrogen and oxygen atoms in total. The summed E-state index contributed by atoms with van der Waals surface area (Å²) in [6.45, 7) is 0. The minimum absolute atomic E-state index is 0.355. The Labute approximate surface area is 73.8 Å². The topological polar surface area (TPSA) is 67.2 Å². The molecular formula is C8H6N4O. The number of fused-ring (bicyclic) bond motifs is 1. The Morgan fingerprint density at radius 2 is 2.00 bits per heavy atom. The molecule has 1 aromatic carbocycles. The molecule has 1 N–H and O–H groups in total. The zero-order chi connectivity index (χ0) is 9.10. The van der Waals surface area contributed by atoms with E-state index in [-0.39, 0.29) is 0 Å². The third kappa shape index (κ3) is 1.44. The van der Waals surface area contributed by atoms with Crippen molar-refractivity contribution in [2.75, 3.05) is 5.43 Å². The number of nitroso groups, excluding NO2 is 1. The van der Waals surface area contributed by atoms with Crippen molar-refractivity contribution >= 4 is 16.9 Å². The molecule has 64 valence electrons. The van der Waals surface area contributed by atoms with Gasteiger partial charge in [-0.05, 0) is 12.1 Å². The van der Waals surface area contributed by atoms with E-state index in [0.717, 1.165) is 11.0 Å². The lowest BCUT2D eigenvalue weighted by molar-refractivity contribution is 1.20. The number of rotatable bonds is 2. The Morgan fingerprint density at radius 1 is 1.23 bits per heavy atom. The molecule has 0 atom stereocenters. The Bertz CT molecular complexity index is 443. The minimum atomic E-state index is 0.355. The summed E-state index contributed by atoms with van der Waals surface area (Å²) < 4.78 is 0. The van der Waals surface area contributed by atoms with Crippen LogP contribution in [-0.4, -0.2) is 9.97 Å². The molecule has 2 aromatic rings. The maximum absolute atomic E-state index is 9.88. The van der Waals surface area contributed by atoms with Crippen LogP contribution in [0.3, 0.4) is 0 Å². The summed E-state index contributed by atoms with van der Waals surface area (Å²) in [6, 6.07) is 7.40. The van der Waals surface area contributed by atoms with Crippen LogP contribution in [0.2, 0.25) is 0 Å². The third-order valence-electron chi connectivity index (χ3n) is 1.61. The van der Waals surface area contributed by atoms with Gasteiger partial charge in [-0.25, -0.2) is 10.4 Å². The van der Waals surface area contributed by atoms with Crippen molar-refractivity contribution in [2.24, 2.45) is 5.29 Å². The lowest BCUT2D eigenvalue weighted by Gasteiger charge is -1.97. The average molecular weight is 174 g/mol. The van der Waals surface area contributed by atoms with E-state index in [2.05, 4.69) is 20.7 Å². The van der Waals surface area contributed by atoms with Crippen LogP contribution in [0.15, 0.2) is 35.7 Å². The van der Waals surface area contributed by atoms with Gasteiger partial charge in [0.1, 0.15) is 0 Å². The van der Waals surface area contributed by atoms with Crippen molar-refractivity contribution in [3.63, 3.8) is 0 Å². The summed E-state index contributed by atoms with van der Waals surface area (Å²) in [5.74, 6) is 0.355. The van der Waals surface area contributed by atoms with Gasteiger partial charge in [-0.1, -0.05) is 12.1 Å². The van der Waals surface area contributed by atoms with Gasteiger partial charge in [0.05, 0.1) is 22.5 Å². The number of aromatic nitrogens is 2. The summed E-state index contributed by atoms with van der Waals surface area (Å²) in [6.07, 6.45) is 1.46. The predicted octanol–water partition coefficient (Wildman–Crippen LogP) is 1.72. The van der Waals surface area contributed by atoms with Gasteiger partial charge in [0.25, 0.3) is 0 Å². The maximum atomic E-state index is 9.88. The van der Waals surface area contributed by atoms with Crippen molar-refractivity contribution in [3.05, 3.63) is 35.4 Å². The molecule has 1 heterocycles. The van der Waals surface area contributed by atoms with E-state index < -0.39 is 0 Å². The minimum Gasteiger partial charge on any atom is -0.251 e. The van der Waals surface area contributed by atoms with Crippen LogP contribution in [0, 0.1) is 4.91 Å². The van der Waals surface area contributed by atoms with Crippen molar-refractivity contribution in [1.82, 2.24) is 9.97 Å². The van der Waals surface area contributed by atoms with Crippen molar-refractivity contribution in [3.8, 4) is 0 Å². The molecule has 0 aliphatic rings. The fourth-order valence-corrected chi connectivity index (χ4v) is 1.06. The first-order valence-corrected chi connectivity index (χ1v) is 3.70. The van der Waals surface area contributed by atoms with Crippen LogP contribution in [0.25, 0.3) is 11.0 Å². The van der Waals surface area contributed by atoms with Crippen LogP contribution < -0.4 is 5.43 Å². The number of hydrogen-bond acceptors (Lipinski definition) is 4. The van der Waals surface area contributed by atoms with Gasteiger partial charge in [0.15, 0.2) is 5.82 Å². The molecule has 1 aromatic heterocycles. The lowest BCUT2D eigenvalue weighted by atomic mass is 10.3. The standard InChI is InChI=1S/C8H6N4O/c13-12-11-8-5-9-6-3-1-2-4-7(6)10-8/h1-5H,(H,10,11,13). The smallest absolute Gasteiger partial charge is 0.168 e. The van der Waals surface area contributed by atoms with Gasteiger partial charge in [-0.3, -0.25) is 4.98 Å². The van der Waals surface area contributed by atoms with Crippen LogP contribution in [0.5, 0.6) is 0 Å². The largest absolute Gasteiger partial charge is 0.251 e. The highest BCUT2D eigenvalue weighted by Crippen LogP contribution is 2.10. The molecule has 2 rings (SSSR count). The summed E-state index contributed by atoms with van der Waals surface area (Å²) in [4.78, 5) is 18.1. The van der Waals surface area contributed by atoms with E-state index in [9.17, 15) is 4.91 Å². The second-order valence-corrected chi connectivity index (χ2v) is 2.45. The molecule has 0 saturated heterocycles. The molecular weight excluding hydrogens is 168 g/mol. The number of nitrogens with one attached hydrogen (secondary N) is 1. The highest BCUT2D eigenvalue weighted by molar-refractivity contribution is 5.75. The number of hydrogen-bond donors (Lipinski definition) is 1. The molecule has 0 bridgehead atoms. The molecule has 13 heavy (non-hydrogen) atoms. The summed E-state index contributed by atoms with van der Waals surface area (Å²) in [5, 5.41) is 2.51. The monoisotopic (exact) mass is 174 g/mol. The van der Waals surface area contributed by atoms with Crippen molar-refractivity contribution < 1.29 is 0 Å². The van der Waals surface area contributed by atoms with Gasteiger partial charge >= 0.3 is 0 Å². The van der Waals surface area contributed by atoms with Gasteiger partial charge in [0.2, 0.25) is 0 Å². The molecule has 0 fully saturated rings. The van der Waals surface area contributed by atoms with E-state index in [1.807, 2.05) is 24.3 Å². The van der Waals surface area contributed by atoms with Gasteiger partial charge in [-0.15, -0.1) is 4.91 Å². The van der Waals surface area contributed by atoms with E-state index in [0.29, 0.717) is 5.82 Å². The Morgan fingerprint density at radius 3 is 2.77 bits per heavy atom. The van der Waals surface area contributed by atoms with Crippen LogP contribution in [0.4, 0.5) is 5.82 Å². The normalized spacial score (nSPS) is 9.85. The fraction of sp³-hybridized carbons (Fsp3) is 0. The lowest BCUT2D eigenvalue weighted by Crippen LogP contribution is -1.92. The Balaban J connectivity index is 2.55. The number of para-hydroxylation sites is 2. The number of benzene rings is 1. The molecule has 0 unspecified atom stereocenters. The van der Waals surface area contributed by atoms with Crippen molar-refractivity contribution in [2.45, 2.75) is 0 Å². The zero-order valence-electron chi connectivity index (χ0n) is 6.64. The third-order valence-corrected chi connectivity index (χ3v) is 1.61. The highest BCUT2D eigenvalue weighted by atomic mass is 16.3. The first-order chi connectivity index (χ1) is 6.40. The number of nitrogens with zero attached hydrogens (tertiary/aromatic N) is 3. The van der Waals surface area contributed by atoms with E-state index >= 15 is 0 Å². The molecule has 0 saturated carbocycles. The Kier molecular flexibility index (Phi) is 1.84. The maximum Gasteiger partial charge on any atom is 0.168 e. The Hall–Kier alpha value is -2.04. The first kappa shape index (κ1) is 7.60. The molecule has 5 heteroatoms. The SMILES string of the molecule is O=NNc1cnc2ccccc2n1. The summed E-state index contributed by atoms with van der Waals surface area (Å²) >= 11 is 0. The quantitative estimate of drug-likeness (QED) is 0.556. The average Bonchev–Trinajstić information content (AvgIpc) is 2.18. The van der Waals surface area contributed by atoms with Gasteiger partial charge in [0, 0.05) is 0 Å². The second-order valence-electron chi connectivity index (χ2n) is 2.45. The molecule has 0 amide bonds. The second kappa shape index (κ2) is 3.14. The molecule has 0 aliphatic heterocycles. The predicted molar refractivity (Wildman–Crippen MR) is 49.0 cm³/mol. The zero-order valence-corrected chi connectivity index (χ0v) is 6.64. The van der Waals surface area contributed by atoms with Crippen LogP contribution in [-0.2, 0) is 0 Å². The summed E-state index contributed by atoms with van der Waals surface area (Å²) in [5.41, 5.74) is 3.72. The van der Waals surface area contributed by atoms with Crippen molar-refractivity contribution in [1.29, 1.82) is 0 Å². The van der Waals surface area contributed by atoms with E-state index in [1.54, 1.807) is 0 Å².